The molecule has 0 aliphatic heterocycles. The molecule has 0 saturated heterocycles. The summed E-state index contributed by atoms with van der Waals surface area (Å²) in [7, 11) is 0. The van der Waals surface area contributed by atoms with E-state index in [0.717, 1.165) is 5.69 Å². The molecule has 2 nitrogen and oxygen atoms in total. The first kappa shape index (κ1) is 15.0. The van der Waals surface area contributed by atoms with Crippen molar-refractivity contribution in [3.63, 3.8) is 0 Å². The fourth-order valence-corrected chi connectivity index (χ4v) is 2.34. The lowest BCUT2D eigenvalue weighted by molar-refractivity contribution is 0.0986. The quantitative estimate of drug-likeness (QED) is 0.770. The number of anilines is 1. The van der Waals surface area contributed by atoms with Gasteiger partial charge in [0.05, 0.1) is 0 Å². The summed E-state index contributed by atoms with van der Waals surface area (Å²) in [6.45, 7) is 0.478. The molecular weight excluding hydrogens is 345 g/mol. The largest absolute Gasteiger partial charge is 0.384 e. The van der Waals surface area contributed by atoms with E-state index in [0.29, 0.717) is 28.0 Å². The molecule has 5 heteroatoms. The third-order valence-electron chi connectivity index (χ3n) is 2.76. The van der Waals surface area contributed by atoms with Crippen LogP contribution in [0.2, 0.25) is 5.02 Å². The zero-order valence-electron chi connectivity index (χ0n) is 10.5. The Hall–Kier alpha value is -1.39. The van der Waals surface area contributed by atoms with Crippen LogP contribution in [-0.4, -0.2) is 12.3 Å². The van der Waals surface area contributed by atoms with Crippen molar-refractivity contribution in [3.8, 4) is 0 Å². The third-order valence-corrected chi connectivity index (χ3v) is 3.67. The summed E-state index contributed by atoms with van der Waals surface area (Å²) in [5.74, 6) is -0.271. The SMILES string of the molecule is O=C(CCNc1ccc(F)cc1Br)c1ccc(Cl)cc1. The number of carbonyl (C=O) groups is 1. The smallest absolute Gasteiger partial charge is 0.164 e. The Morgan fingerprint density at radius 1 is 1.20 bits per heavy atom. The van der Waals surface area contributed by atoms with Gasteiger partial charge in [0.1, 0.15) is 5.82 Å². The maximum atomic E-state index is 12.9. The van der Waals surface area contributed by atoms with Crippen molar-refractivity contribution in [3.05, 3.63) is 63.3 Å². The first-order valence-electron chi connectivity index (χ1n) is 6.04. The third kappa shape index (κ3) is 4.05. The molecule has 20 heavy (non-hydrogen) atoms. The number of rotatable bonds is 5. The van der Waals surface area contributed by atoms with Crippen molar-refractivity contribution < 1.29 is 9.18 Å². The Kier molecular flexibility index (Phi) is 5.15. The summed E-state index contributed by atoms with van der Waals surface area (Å²) in [6.07, 6.45) is 0.353. The van der Waals surface area contributed by atoms with Crippen LogP contribution in [0.4, 0.5) is 10.1 Å². The molecule has 2 aromatic rings. The van der Waals surface area contributed by atoms with Gasteiger partial charge in [-0.3, -0.25) is 4.79 Å². The van der Waals surface area contributed by atoms with E-state index in [1.807, 2.05) is 0 Å². The van der Waals surface area contributed by atoms with Crippen molar-refractivity contribution in [2.45, 2.75) is 6.42 Å². The Morgan fingerprint density at radius 2 is 1.90 bits per heavy atom. The molecular formula is C15H12BrClFNO. The van der Waals surface area contributed by atoms with E-state index in [1.165, 1.54) is 12.1 Å². The number of hydrogen-bond donors (Lipinski definition) is 1. The lowest BCUT2D eigenvalue weighted by Gasteiger charge is -2.08. The van der Waals surface area contributed by atoms with Crippen LogP contribution >= 0.6 is 27.5 Å². The molecule has 0 fully saturated rings. The zero-order chi connectivity index (χ0) is 14.5. The summed E-state index contributed by atoms with van der Waals surface area (Å²) in [6, 6.07) is 11.2. The molecule has 0 aromatic heterocycles. The maximum absolute atomic E-state index is 12.9. The van der Waals surface area contributed by atoms with E-state index in [4.69, 9.17) is 11.6 Å². The van der Waals surface area contributed by atoms with Crippen LogP contribution in [0.25, 0.3) is 0 Å². The van der Waals surface area contributed by atoms with Crippen LogP contribution in [0.3, 0.4) is 0 Å². The van der Waals surface area contributed by atoms with Gasteiger partial charge in [-0.2, -0.15) is 0 Å². The van der Waals surface area contributed by atoms with Gasteiger partial charge in [0.25, 0.3) is 0 Å². The lowest BCUT2D eigenvalue weighted by Crippen LogP contribution is -2.09. The van der Waals surface area contributed by atoms with Gasteiger partial charge in [-0.15, -0.1) is 0 Å². The molecule has 0 saturated carbocycles. The van der Waals surface area contributed by atoms with Crippen molar-refractivity contribution in [1.82, 2.24) is 0 Å². The van der Waals surface area contributed by atoms with Gasteiger partial charge in [0, 0.05) is 33.7 Å². The highest BCUT2D eigenvalue weighted by Crippen LogP contribution is 2.23. The maximum Gasteiger partial charge on any atom is 0.164 e. The highest BCUT2D eigenvalue weighted by Gasteiger charge is 2.06. The molecule has 0 amide bonds. The van der Waals surface area contributed by atoms with E-state index in [1.54, 1.807) is 30.3 Å². The molecule has 0 aliphatic carbocycles. The fraction of sp³-hybridized carbons (Fsp3) is 0.133. The molecule has 0 unspecified atom stereocenters. The number of nitrogens with one attached hydrogen (secondary N) is 1. The second kappa shape index (κ2) is 6.86. The van der Waals surface area contributed by atoms with Gasteiger partial charge >= 0.3 is 0 Å². The highest BCUT2D eigenvalue weighted by molar-refractivity contribution is 9.10. The monoisotopic (exact) mass is 355 g/mol. The number of benzene rings is 2. The highest BCUT2D eigenvalue weighted by atomic mass is 79.9. The number of halogens is 3. The summed E-state index contributed by atoms with van der Waals surface area (Å²) in [4.78, 5) is 11.9. The van der Waals surface area contributed by atoms with Gasteiger partial charge in [-0.25, -0.2) is 4.39 Å². The molecule has 0 radical (unpaired) electrons. The Bertz CT molecular complexity index is 616. The fourth-order valence-electron chi connectivity index (χ4n) is 1.72. The normalized spacial score (nSPS) is 10.3. The predicted molar refractivity (Wildman–Crippen MR) is 83.0 cm³/mol. The molecule has 0 aliphatic rings. The number of Topliss-reactive ketones (excluding diaryl/α,β-unsaturated/α-hetero) is 1. The van der Waals surface area contributed by atoms with Crippen LogP contribution in [0.1, 0.15) is 16.8 Å². The molecule has 0 heterocycles. The molecule has 0 atom stereocenters. The van der Waals surface area contributed by atoms with E-state index in [2.05, 4.69) is 21.2 Å². The minimum atomic E-state index is -0.306. The summed E-state index contributed by atoms with van der Waals surface area (Å²) in [5, 5.41) is 3.70. The predicted octanol–water partition coefficient (Wildman–Crippen LogP) is 4.93. The minimum absolute atomic E-state index is 0.0346. The van der Waals surface area contributed by atoms with Gasteiger partial charge < -0.3 is 5.32 Å². The first-order chi connectivity index (χ1) is 9.56. The van der Waals surface area contributed by atoms with Crippen LogP contribution in [0, 0.1) is 5.82 Å². The molecule has 2 aromatic carbocycles. The molecule has 0 spiro atoms. The Morgan fingerprint density at radius 3 is 2.55 bits per heavy atom. The Balaban J connectivity index is 1.89. The number of hydrogen-bond acceptors (Lipinski definition) is 2. The standard InChI is InChI=1S/C15H12BrClFNO/c16-13-9-12(18)5-6-14(13)19-8-7-15(20)10-1-3-11(17)4-2-10/h1-6,9,19H,7-8H2. The summed E-state index contributed by atoms with van der Waals surface area (Å²) >= 11 is 9.04. The summed E-state index contributed by atoms with van der Waals surface area (Å²) < 4.78 is 13.6. The average Bonchev–Trinajstić information content (AvgIpc) is 2.42. The van der Waals surface area contributed by atoms with Crippen molar-refractivity contribution in [2.24, 2.45) is 0 Å². The Labute approximate surface area is 130 Å². The summed E-state index contributed by atoms with van der Waals surface area (Å²) in [5.41, 5.74) is 1.39. The van der Waals surface area contributed by atoms with E-state index in [9.17, 15) is 9.18 Å². The molecule has 1 N–H and O–H groups in total. The number of ketones is 1. The van der Waals surface area contributed by atoms with Gasteiger partial charge in [0.15, 0.2) is 5.78 Å². The van der Waals surface area contributed by atoms with Crippen molar-refractivity contribution in [2.75, 3.05) is 11.9 Å². The van der Waals surface area contributed by atoms with Gasteiger partial charge in [-0.05, 0) is 58.4 Å². The van der Waals surface area contributed by atoms with Crippen LogP contribution in [0.15, 0.2) is 46.9 Å². The van der Waals surface area contributed by atoms with Crippen LogP contribution in [0.5, 0.6) is 0 Å². The molecule has 104 valence electrons. The lowest BCUT2D eigenvalue weighted by atomic mass is 10.1. The molecule has 2 rings (SSSR count). The topological polar surface area (TPSA) is 29.1 Å². The van der Waals surface area contributed by atoms with Crippen molar-refractivity contribution >= 4 is 39.0 Å². The van der Waals surface area contributed by atoms with Gasteiger partial charge in [0.2, 0.25) is 0 Å². The second-order valence-electron chi connectivity index (χ2n) is 4.23. The number of carbonyl (C=O) groups excluding carboxylic acids is 1. The molecule has 0 bridgehead atoms. The van der Waals surface area contributed by atoms with Crippen LogP contribution < -0.4 is 5.32 Å². The zero-order valence-corrected chi connectivity index (χ0v) is 12.8. The van der Waals surface area contributed by atoms with Gasteiger partial charge in [-0.1, -0.05) is 11.6 Å². The average molecular weight is 357 g/mol. The van der Waals surface area contributed by atoms with E-state index >= 15 is 0 Å². The second-order valence-corrected chi connectivity index (χ2v) is 5.52. The minimum Gasteiger partial charge on any atom is -0.384 e. The van der Waals surface area contributed by atoms with Crippen molar-refractivity contribution in [1.29, 1.82) is 0 Å². The van der Waals surface area contributed by atoms with E-state index < -0.39 is 0 Å². The van der Waals surface area contributed by atoms with E-state index in [-0.39, 0.29) is 11.6 Å². The van der Waals surface area contributed by atoms with Crippen LogP contribution in [-0.2, 0) is 0 Å². The first-order valence-corrected chi connectivity index (χ1v) is 7.21.